The number of benzene rings is 1. The average Bonchev–Trinajstić information content (AvgIpc) is 3.25. The van der Waals surface area contributed by atoms with Crippen LogP contribution in [-0.2, 0) is 17.6 Å². The first-order chi connectivity index (χ1) is 11.7. The van der Waals surface area contributed by atoms with Gasteiger partial charge in [0.2, 0.25) is 5.91 Å². The van der Waals surface area contributed by atoms with Gasteiger partial charge in [-0.2, -0.15) is 0 Å². The third-order valence-electron chi connectivity index (χ3n) is 3.54. The molecule has 6 heteroatoms. The van der Waals surface area contributed by atoms with Gasteiger partial charge in [-0.25, -0.2) is 4.98 Å². The fraction of sp³-hybridized carbons (Fsp3) is 0.222. The van der Waals surface area contributed by atoms with E-state index in [0.717, 1.165) is 29.1 Å². The van der Waals surface area contributed by atoms with E-state index in [9.17, 15) is 4.79 Å². The highest BCUT2D eigenvalue weighted by Crippen LogP contribution is 2.30. The molecule has 0 aliphatic rings. The summed E-state index contributed by atoms with van der Waals surface area (Å²) in [6.45, 7) is 0.606. The Labute approximate surface area is 154 Å². The van der Waals surface area contributed by atoms with Crippen LogP contribution in [-0.4, -0.2) is 17.4 Å². The second kappa shape index (κ2) is 8.42. The van der Waals surface area contributed by atoms with Crippen molar-refractivity contribution in [3.05, 3.63) is 62.8 Å². The molecule has 3 aromatic rings. The topological polar surface area (TPSA) is 42.0 Å². The van der Waals surface area contributed by atoms with Crippen LogP contribution in [0.5, 0.6) is 0 Å². The van der Waals surface area contributed by atoms with Crippen molar-refractivity contribution < 1.29 is 4.79 Å². The van der Waals surface area contributed by atoms with E-state index in [1.807, 2.05) is 41.1 Å². The number of halogens is 1. The summed E-state index contributed by atoms with van der Waals surface area (Å²) in [6.07, 6.45) is 2.06. The quantitative estimate of drug-likeness (QED) is 0.642. The lowest BCUT2D eigenvalue weighted by molar-refractivity contribution is -0.121. The van der Waals surface area contributed by atoms with Crippen molar-refractivity contribution in [2.45, 2.75) is 19.3 Å². The molecule has 2 heterocycles. The van der Waals surface area contributed by atoms with Crippen LogP contribution in [0, 0.1) is 0 Å². The number of thiophene rings is 1. The molecule has 0 bridgehead atoms. The molecule has 0 aliphatic carbocycles. The number of amides is 1. The van der Waals surface area contributed by atoms with Crippen LogP contribution in [0.25, 0.3) is 10.6 Å². The second-order valence-electron chi connectivity index (χ2n) is 5.30. The van der Waals surface area contributed by atoms with Crippen molar-refractivity contribution in [1.82, 2.24) is 10.3 Å². The number of carbonyl (C=O) groups excluding carboxylic acids is 1. The normalized spacial score (nSPS) is 10.7. The van der Waals surface area contributed by atoms with Crippen LogP contribution >= 0.6 is 34.3 Å². The van der Waals surface area contributed by atoms with Crippen LogP contribution in [0.3, 0.4) is 0 Å². The summed E-state index contributed by atoms with van der Waals surface area (Å²) in [5.41, 5.74) is 1.93. The Morgan fingerprint density at radius 2 is 2.00 bits per heavy atom. The molecule has 0 spiro atoms. The van der Waals surface area contributed by atoms with E-state index in [1.165, 1.54) is 4.88 Å². The zero-order chi connectivity index (χ0) is 16.8. The Hall–Kier alpha value is -1.69. The molecule has 3 rings (SSSR count). The highest BCUT2D eigenvalue weighted by molar-refractivity contribution is 7.13. The number of nitrogens with one attached hydrogen (secondary N) is 1. The monoisotopic (exact) mass is 376 g/mol. The van der Waals surface area contributed by atoms with Crippen LogP contribution in [0.15, 0.2) is 47.2 Å². The largest absolute Gasteiger partial charge is 0.356 e. The number of hydrogen-bond donors (Lipinski definition) is 1. The van der Waals surface area contributed by atoms with E-state index in [-0.39, 0.29) is 5.91 Å². The molecule has 24 heavy (non-hydrogen) atoms. The predicted molar refractivity (Wildman–Crippen MR) is 102 cm³/mol. The molecular formula is C18H17ClN2OS2. The lowest BCUT2D eigenvalue weighted by Gasteiger charge is -2.03. The van der Waals surface area contributed by atoms with E-state index in [2.05, 4.69) is 16.4 Å². The van der Waals surface area contributed by atoms with Crippen molar-refractivity contribution >= 4 is 40.2 Å². The molecule has 0 fully saturated rings. The van der Waals surface area contributed by atoms with Gasteiger partial charge in [0.1, 0.15) is 5.01 Å². The lowest BCUT2D eigenvalue weighted by atomic mass is 10.2. The van der Waals surface area contributed by atoms with Gasteiger partial charge in [0.25, 0.3) is 0 Å². The van der Waals surface area contributed by atoms with Crippen molar-refractivity contribution in [1.29, 1.82) is 0 Å². The minimum absolute atomic E-state index is 0.0879. The lowest BCUT2D eigenvalue weighted by Crippen LogP contribution is -2.25. The molecular weight excluding hydrogens is 360 g/mol. The number of hydrogen-bond acceptors (Lipinski definition) is 4. The molecule has 3 nitrogen and oxygen atoms in total. The number of rotatable bonds is 7. The van der Waals surface area contributed by atoms with Gasteiger partial charge in [0.05, 0.1) is 10.7 Å². The van der Waals surface area contributed by atoms with Gasteiger partial charge in [-0.05, 0) is 23.9 Å². The Morgan fingerprint density at radius 1 is 1.12 bits per heavy atom. The minimum Gasteiger partial charge on any atom is -0.356 e. The molecule has 2 aromatic heterocycles. The maximum absolute atomic E-state index is 11.9. The number of thiazole rings is 1. The van der Waals surface area contributed by atoms with Crippen molar-refractivity contribution in [3.8, 4) is 10.6 Å². The summed E-state index contributed by atoms with van der Waals surface area (Å²) in [5.74, 6) is 0.0879. The molecule has 1 N–H and O–H groups in total. The maximum atomic E-state index is 11.9. The Kier molecular flexibility index (Phi) is 6.01. The van der Waals surface area contributed by atoms with Gasteiger partial charge in [-0.3, -0.25) is 4.79 Å². The fourth-order valence-corrected chi connectivity index (χ4v) is 4.17. The number of nitrogens with zero attached hydrogens (tertiary/aromatic N) is 1. The molecule has 0 unspecified atom stereocenters. The van der Waals surface area contributed by atoms with Crippen molar-refractivity contribution in [2.75, 3.05) is 6.54 Å². The summed E-state index contributed by atoms with van der Waals surface area (Å²) in [5, 5.41) is 8.64. The number of aromatic nitrogens is 1. The van der Waals surface area contributed by atoms with E-state index < -0.39 is 0 Å². The number of carbonyl (C=O) groups is 1. The van der Waals surface area contributed by atoms with Crippen molar-refractivity contribution in [3.63, 3.8) is 0 Å². The van der Waals surface area contributed by atoms with Crippen molar-refractivity contribution in [2.24, 2.45) is 0 Å². The molecule has 0 atom stereocenters. The Bertz CT molecular complexity index is 799. The first-order valence-electron chi connectivity index (χ1n) is 7.71. The Morgan fingerprint density at radius 3 is 2.79 bits per heavy atom. The molecule has 0 saturated heterocycles. The highest BCUT2D eigenvalue weighted by atomic mass is 35.5. The van der Waals surface area contributed by atoms with Gasteiger partial charge in [0.15, 0.2) is 0 Å². The smallest absolute Gasteiger partial charge is 0.220 e. The van der Waals surface area contributed by atoms with Crippen LogP contribution < -0.4 is 5.32 Å². The van der Waals surface area contributed by atoms with Gasteiger partial charge < -0.3 is 5.32 Å². The van der Waals surface area contributed by atoms with E-state index in [1.54, 1.807) is 22.7 Å². The average molecular weight is 377 g/mol. The molecule has 1 amide bonds. The summed E-state index contributed by atoms with van der Waals surface area (Å²) in [6, 6.07) is 11.8. The molecule has 0 aliphatic heterocycles. The summed E-state index contributed by atoms with van der Waals surface area (Å²) >= 11 is 9.47. The first kappa shape index (κ1) is 17.1. The standard InChI is InChI=1S/C18H17ClN2OS2/c19-16-6-2-1-5-15(16)18-21-13(12-24-18)9-10-20-17(22)8-7-14-4-3-11-23-14/h1-6,11-12H,7-10H2,(H,20,22). The van der Waals surface area contributed by atoms with E-state index >= 15 is 0 Å². The molecule has 124 valence electrons. The molecule has 1 aromatic carbocycles. The summed E-state index contributed by atoms with van der Waals surface area (Å²) < 4.78 is 0. The second-order valence-corrected chi connectivity index (χ2v) is 7.60. The maximum Gasteiger partial charge on any atom is 0.220 e. The minimum atomic E-state index is 0.0879. The van der Waals surface area contributed by atoms with E-state index in [0.29, 0.717) is 18.0 Å². The summed E-state index contributed by atoms with van der Waals surface area (Å²) in [7, 11) is 0. The van der Waals surface area contributed by atoms with Crippen LogP contribution in [0.4, 0.5) is 0 Å². The third kappa shape index (κ3) is 4.66. The zero-order valence-corrected chi connectivity index (χ0v) is 15.4. The zero-order valence-electron chi connectivity index (χ0n) is 13.0. The van der Waals surface area contributed by atoms with Gasteiger partial charge in [-0.1, -0.05) is 35.9 Å². The fourth-order valence-electron chi connectivity index (χ4n) is 2.29. The van der Waals surface area contributed by atoms with Gasteiger partial charge >= 0.3 is 0 Å². The molecule has 0 saturated carbocycles. The number of aryl methyl sites for hydroxylation is 1. The van der Waals surface area contributed by atoms with Crippen LogP contribution in [0.1, 0.15) is 17.0 Å². The summed E-state index contributed by atoms with van der Waals surface area (Å²) in [4.78, 5) is 17.7. The third-order valence-corrected chi connectivity index (χ3v) is 5.73. The Balaban J connectivity index is 1.46. The first-order valence-corrected chi connectivity index (χ1v) is 9.84. The van der Waals surface area contributed by atoms with Gasteiger partial charge in [-0.15, -0.1) is 22.7 Å². The van der Waals surface area contributed by atoms with Crippen LogP contribution in [0.2, 0.25) is 5.02 Å². The van der Waals surface area contributed by atoms with Gasteiger partial charge in [0, 0.05) is 35.2 Å². The highest BCUT2D eigenvalue weighted by Gasteiger charge is 2.08. The SMILES string of the molecule is O=C(CCc1cccs1)NCCc1csc(-c2ccccc2Cl)n1. The van der Waals surface area contributed by atoms with E-state index in [4.69, 9.17) is 11.6 Å². The predicted octanol–water partition coefficient (Wildman–Crippen LogP) is 4.82. The molecule has 0 radical (unpaired) electrons.